The smallest absolute Gasteiger partial charge is 0.358 e. The maximum atomic E-state index is 11.2. The molecule has 18 heavy (non-hydrogen) atoms. The molecule has 1 aliphatic heterocycles. The molecule has 2 atom stereocenters. The maximum Gasteiger partial charge on any atom is 0.358 e. The molecule has 2 unspecified atom stereocenters. The van der Waals surface area contributed by atoms with Crippen LogP contribution in [0, 0.1) is 0 Å². The average molecular weight is 251 g/mol. The normalized spacial score (nSPS) is 23.8. The highest BCUT2D eigenvalue weighted by Crippen LogP contribution is 2.17. The minimum Gasteiger partial charge on any atom is -0.464 e. The van der Waals surface area contributed by atoms with Crippen molar-refractivity contribution < 1.29 is 14.3 Å². The summed E-state index contributed by atoms with van der Waals surface area (Å²) in [6.07, 6.45) is 0.326. The molecule has 0 spiro atoms. The van der Waals surface area contributed by atoms with Crippen LogP contribution in [0.4, 0.5) is 5.82 Å². The third kappa shape index (κ3) is 2.76. The van der Waals surface area contributed by atoms with Gasteiger partial charge < -0.3 is 14.4 Å². The Morgan fingerprint density at radius 3 is 2.50 bits per heavy atom. The van der Waals surface area contributed by atoms with Gasteiger partial charge in [-0.05, 0) is 26.0 Å². The summed E-state index contributed by atoms with van der Waals surface area (Å²) in [5, 5.41) is 7.93. The van der Waals surface area contributed by atoms with Gasteiger partial charge in [0.2, 0.25) is 0 Å². The highest BCUT2D eigenvalue weighted by atomic mass is 16.5. The number of rotatable bonds is 2. The highest BCUT2D eigenvalue weighted by Gasteiger charge is 2.23. The van der Waals surface area contributed by atoms with E-state index in [9.17, 15) is 4.79 Å². The number of esters is 1. The van der Waals surface area contributed by atoms with Crippen molar-refractivity contribution >= 4 is 11.8 Å². The van der Waals surface area contributed by atoms with E-state index in [1.54, 1.807) is 12.1 Å². The first-order valence-corrected chi connectivity index (χ1v) is 5.92. The molecule has 1 aromatic heterocycles. The predicted octanol–water partition coefficient (Wildman–Crippen LogP) is 0.877. The molecule has 1 aromatic rings. The average Bonchev–Trinajstić information content (AvgIpc) is 2.37. The Kier molecular flexibility index (Phi) is 3.76. The lowest BCUT2D eigenvalue weighted by molar-refractivity contribution is -0.00552. The van der Waals surface area contributed by atoms with E-state index in [2.05, 4.69) is 19.8 Å². The monoisotopic (exact) mass is 251 g/mol. The van der Waals surface area contributed by atoms with Crippen LogP contribution >= 0.6 is 0 Å². The van der Waals surface area contributed by atoms with E-state index in [4.69, 9.17) is 4.74 Å². The lowest BCUT2D eigenvalue weighted by Gasteiger charge is -2.35. The van der Waals surface area contributed by atoms with Crippen LogP contribution in [0.25, 0.3) is 0 Å². The summed E-state index contributed by atoms with van der Waals surface area (Å²) < 4.78 is 10.2. The van der Waals surface area contributed by atoms with E-state index < -0.39 is 5.97 Å². The van der Waals surface area contributed by atoms with Crippen molar-refractivity contribution in [3.63, 3.8) is 0 Å². The van der Waals surface area contributed by atoms with Crippen molar-refractivity contribution in [1.29, 1.82) is 0 Å². The number of hydrogen-bond donors (Lipinski definition) is 0. The minimum absolute atomic E-state index is 0.163. The summed E-state index contributed by atoms with van der Waals surface area (Å²) in [5.41, 5.74) is 0.218. The fraction of sp³-hybridized carbons (Fsp3) is 0.583. The van der Waals surface area contributed by atoms with Gasteiger partial charge in [-0.1, -0.05) is 0 Å². The minimum atomic E-state index is -0.474. The summed E-state index contributed by atoms with van der Waals surface area (Å²) in [5.74, 6) is 0.280. The van der Waals surface area contributed by atoms with Crippen molar-refractivity contribution in [1.82, 2.24) is 10.2 Å². The number of morpholine rings is 1. The van der Waals surface area contributed by atoms with E-state index in [0.717, 1.165) is 18.9 Å². The molecule has 1 aliphatic rings. The second-order valence-electron chi connectivity index (χ2n) is 4.43. The fourth-order valence-corrected chi connectivity index (χ4v) is 2.07. The van der Waals surface area contributed by atoms with Gasteiger partial charge in [-0.2, -0.15) is 0 Å². The van der Waals surface area contributed by atoms with E-state index in [0.29, 0.717) is 0 Å². The van der Waals surface area contributed by atoms with E-state index in [-0.39, 0.29) is 17.9 Å². The Morgan fingerprint density at radius 1 is 1.33 bits per heavy atom. The van der Waals surface area contributed by atoms with Gasteiger partial charge in [-0.3, -0.25) is 0 Å². The van der Waals surface area contributed by atoms with Gasteiger partial charge in [-0.25, -0.2) is 4.79 Å². The maximum absolute atomic E-state index is 11.2. The van der Waals surface area contributed by atoms with Gasteiger partial charge in [0.15, 0.2) is 11.5 Å². The van der Waals surface area contributed by atoms with Gasteiger partial charge in [0.1, 0.15) is 0 Å². The van der Waals surface area contributed by atoms with Crippen LogP contribution in [0.5, 0.6) is 0 Å². The van der Waals surface area contributed by atoms with Gasteiger partial charge in [0.05, 0.1) is 19.3 Å². The fourth-order valence-electron chi connectivity index (χ4n) is 2.07. The van der Waals surface area contributed by atoms with E-state index in [1.165, 1.54) is 7.11 Å². The lowest BCUT2D eigenvalue weighted by atomic mass is 10.2. The molecule has 0 N–H and O–H groups in total. The molecule has 2 rings (SSSR count). The van der Waals surface area contributed by atoms with Crippen molar-refractivity contribution in [2.24, 2.45) is 0 Å². The number of aromatic nitrogens is 2. The zero-order chi connectivity index (χ0) is 13.1. The molecule has 98 valence electrons. The third-order valence-electron chi connectivity index (χ3n) is 2.79. The molecular formula is C12H17N3O3. The zero-order valence-electron chi connectivity index (χ0n) is 10.8. The van der Waals surface area contributed by atoms with Gasteiger partial charge in [0, 0.05) is 13.1 Å². The highest BCUT2D eigenvalue weighted by molar-refractivity contribution is 5.86. The van der Waals surface area contributed by atoms with E-state index in [1.807, 2.05) is 13.8 Å². The number of methoxy groups -OCH3 is 1. The SMILES string of the molecule is COC(=O)c1ccc(N2CC(C)OC(C)C2)nn1. The number of nitrogens with zero attached hydrogens (tertiary/aromatic N) is 3. The molecule has 0 amide bonds. The molecule has 6 heteroatoms. The Hall–Kier alpha value is -1.69. The number of hydrogen-bond acceptors (Lipinski definition) is 6. The van der Waals surface area contributed by atoms with Crippen molar-refractivity contribution in [3.8, 4) is 0 Å². The molecule has 1 saturated heterocycles. The second kappa shape index (κ2) is 5.30. The molecular weight excluding hydrogens is 234 g/mol. The van der Waals surface area contributed by atoms with Crippen LogP contribution in [0.15, 0.2) is 12.1 Å². The first-order valence-electron chi connectivity index (χ1n) is 5.92. The summed E-state index contributed by atoms with van der Waals surface area (Å²) in [6, 6.07) is 3.41. The molecule has 1 fully saturated rings. The summed E-state index contributed by atoms with van der Waals surface area (Å²) in [6.45, 7) is 5.60. The van der Waals surface area contributed by atoms with Crippen molar-refractivity contribution in [2.75, 3.05) is 25.1 Å². The topological polar surface area (TPSA) is 64.5 Å². The first kappa shape index (κ1) is 12.8. The zero-order valence-corrected chi connectivity index (χ0v) is 10.8. The molecule has 0 aromatic carbocycles. The van der Waals surface area contributed by atoms with Crippen LogP contribution in [-0.2, 0) is 9.47 Å². The van der Waals surface area contributed by atoms with Gasteiger partial charge in [0.25, 0.3) is 0 Å². The summed E-state index contributed by atoms with van der Waals surface area (Å²) >= 11 is 0. The van der Waals surface area contributed by atoms with Crippen LogP contribution in [0.3, 0.4) is 0 Å². The standard InChI is InChI=1S/C12H17N3O3/c1-8-6-15(7-9(2)18-8)11-5-4-10(13-14-11)12(16)17-3/h4-5,8-9H,6-7H2,1-3H3. The number of anilines is 1. The lowest BCUT2D eigenvalue weighted by Crippen LogP contribution is -2.45. The largest absolute Gasteiger partial charge is 0.464 e. The molecule has 2 heterocycles. The van der Waals surface area contributed by atoms with Crippen molar-refractivity contribution in [2.45, 2.75) is 26.1 Å². The molecule has 0 bridgehead atoms. The van der Waals surface area contributed by atoms with Gasteiger partial charge >= 0.3 is 5.97 Å². The van der Waals surface area contributed by atoms with Crippen LogP contribution in [-0.4, -0.2) is 48.6 Å². The Bertz CT molecular complexity index is 411. The third-order valence-corrected chi connectivity index (χ3v) is 2.79. The summed E-state index contributed by atoms with van der Waals surface area (Å²) in [7, 11) is 1.32. The first-order chi connectivity index (χ1) is 8.60. The van der Waals surface area contributed by atoms with Crippen LogP contribution in [0.2, 0.25) is 0 Å². The van der Waals surface area contributed by atoms with Crippen LogP contribution < -0.4 is 4.90 Å². The predicted molar refractivity (Wildman–Crippen MR) is 65.6 cm³/mol. The van der Waals surface area contributed by atoms with E-state index >= 15 is 0 Å². The van der Waals surface area contributed by atoms with Crippen LogP contribution in [0.1, 0.15) is 24.3 Å². The Labute approximate surface area is 106 Å². The molecule has 0 radical (unpaired) electrons. The van der Waals surface area contributed by atoms with Crippen molar-refractivity contribution in [3.05, 3.63) is 17.8 Å². The second-order valence-corrected chi connectivity index (χ2v) is 4.43. The number of carbonyl (C=O) groups excluding carboxylic acids is 1. The molecule has 0 saturated carbocycles. The quantitative estimate of drug-likeness (QED) is 0.727. The molecule has 6 nitrogen and oxygen atoms in total. The Morgan fingerprint density at radius 2 is 2.00 bits per heavy atom. The summed E-state index contributed by atoms with van der Waals surface area (Å²) in [4.78, 5) is 13.4. The number of ether oxygens (including phenoxy) is 2. The Balaban J connectivity index is 2.11. The van der Waals surface area contributed by atoms with Gasteiger partial charge in [-0.15, -0.1) is 10.2 Å². The number of carbonyl (C=O) groups is 1. The molecule has 0 aliphatic carbocycles.